The van der Waals surface area contributed by atoms with Crippen LogP contribution in [0.3, 0.4) is 0 Å². The first kappa shape index (κ1) is 13.4. The molecule has 2 rings (SSSR count). The van der Waals surface area contributed by atoms with Crippen molar-refractivity contribution in [2.45, 2.75) is 0 Å². The first-order chi connectivity index (χ1) is 9.04. The molecule has 1 amide bonds. The van der Waals surface area contributed by atoms with Crippen LogP contribution in [0.15, 0.2) is 18.2 Å². The van der Waals surface area contributed by atoms with Crippen molar-refractivity contribution in [1.29, 1.82) is 0 Å². The fraction of sp³-hybridized carbons (Fsp3) is 0.385. The summed E-state index contributed by atoms with van der Waals surface area (Å²) in [5.41, 5.74) is 1.68. The molecule has 1 aliphatic heterocycles. The van der Waals surface area contributed by atoms with Gasteiger partial charge in [-0.15, -0.1) is 0 Å². The third kappa shape index (κ3) is 2.53. The van der Waals surface area contributed by atoms with Gasteiger partial charge in [-0.3, -0.25) is 4.79 Å². The van der Waals surface area contributed by atoms with Crippen LogP contribution in [-0.4, -0.2) is 50.8 Å². The van der Waals surface area contributed by atoms with E-state index < -0.39 is 5.97 Å². The Labute approximate surface area is 111 Å². The number of hydrogen-bond acceptors (Lipinski definition) is 4. The summed E-state index contributed by atoms with van der Waals surface area (Å²) < 4.78 is 5.02. The average molecular weight is 264 g/mol. The summed E-state index contributed by atoms with van der Waals surface area (Å²) in [6.07, 6.45) is 0. The lowest BCUT2D eigenvalue weighted by Crippen LogP contribution is -2.45. The van der Waals surface area contributed by atoms with Crippen molar-refractivity contribution in [3.63, 3.8) is 0 Å². The molecule has 0 bridgehead atoms. The number of carbonyl (C=O) groups excluding carboxylic acids is 1. The Morgan fingerprint density at radius 3 is 2.79 bits per heavy atom. The van der Waals surface area contributed by atoms with Gasteiger partial charge in [0, 0.05) is 20.7 Å². The number of fused-ring (bicyclic) bond motifs is 1. The Morgan fingerprint density at radius 2 is 2.16 bits per heavy atom. The molecule has 6 heteroatoms. The second-order valence-corrected chi connectivity index (χ2v) is 4.38. The zero-order valence-electron chi connectivity index (χ0n) is 10.9. The largest absolute Gasteiger partial charge is 0.478 e. The smallest absolute Gasteiger partial charge is 0.335 e. The van der Waals surface area contributed by atoms with Crippen LogP contribution in [0, 0.1) is 0 Å². The van der Waals surface area contributed by atoms with Crippen molar-refractivity contribution in [1.82, 2.24) is 0 Å². The number of likely N-dealkylation sites (N-methyl/N-ethyl adjacent to an activating group) is 1. The molecular weight excluding hydrogens is 248 g/mol. The maximum atomic E-state index is 11.9. The fourth-order valence-corrected chi connectivity index (χ4v) is 2.08. The highest BCUT2D eigenvalue weighted by atomic mass is 16.5. The summed E-state index contributed by atoms with van der Waals surface area (Å²) in [6.45, 7) is 1.26. The van der Waals surface area contributed by atoms with E-state index in [-0.39, 0.29) is 18.0 Å². The van der Waals surface area contributed by atoms with Crippen LogP contribution in [0.2, 0.25) is 0 Å². The number of methoxy groups -OCH3 is 1. The van der Waals surface area contributed by atoms with E-state index in [4.69, 9.17) is 9.84 Å². The number of carboxylic acid groups (broad SMARTS) is 1. The molecule has 102 valence electrons. The summed E-state index contributed by atoms with van der Waals surface area (Å²) in [5, 5.41) is 9.04. The highest BCUT2D eigenvalue weighted by Crippen LogP contribution is 2.33. The number of amides is 1. The van der Waals surface area contributed by atoms with Gasteiger partial charge in [0.15, 0.2) is 0 Å². The lowest BCUT2D eigenvalue weighted by atomic mass is 10.1. The SMILES string of the molecule is COCCN1CC(=O)N(C)c2ccc(C(=O)O)cc21. The molecule has 1 aliphatic rings. The Kier molecular flexibility index (Phi) is 3.71. The number of carbonyl (C=O) groups is 2. The van der Waals surface area contributed by atoms with E-state index in [1.54, 1.807) is 31.2 Å². The maximum absolute atomic E-state index is 11.9. The third-order valence-corrected chi connectivity index (χ3v) is 3.19. The molecule has 0 unspecified atom stereocenters. The summed E-state index contributed by atoms with van der Waals surface area (Å²) >= 11 is 0. The van der Waals surface area contributed by atoms with Crippen LogP contribution in [0.1, 0.15) is 10.4 Å². The van der Waals surface area contributed by atoms with Gasteiger partial charge in [0.25, 0.3) is 0 Å². The highest BCUT2D eigenvalue weighted by Gasteiger charge is 2.27. The van der Waals surface area contributed by atoms with Gasteiger partial charge in [0.2, 0.25) is 5.91 Å². The van der Waals surface area contributed by atoms with Gasteiger partial charge >= 0.3 is 5.97 Å². The van der Waals surface area contributed by atoms with Crippen LogP contribution in [0.4, 0.5) is 11.4 Å². The Morgan fingerprint density at radius 1 is 1.42 bits per heavy atom. The average Bonchev–Trinajstić information content (AvgIpc) is 2.40. The number of ether oxygens (including phenoxy) is 1. The lowest BCUT2D eigenvalue weighted by molar-refractivity contribution is -0.117. The van der Waals surface area contributed by atoms with E-state index in [9.17, 15) is 9.59 Å². The second kappa shape index (κ2) is 5.27. The van der Waals surface area contributed by atoms with Gasteiger partial charge in [0.05, 0.1) is 30.1 Å². The quantitative estimate of drug-likeness (QED) is 0.871. The molecule has 0 spiro atoms. The van der Waals surface area contributed by atoms with Gasteiger partial charge < -0.3 is 19.6 Å². The predicted molar refractivity (Wildman–Crippen MR) is 70.9 cm³/mol. The number of rotatable bonds is 4. The molecule has 1 heterocycles. The molecule has 0 atom stereocenters. The van der Waals surface area contributed by atoms with Crippen LogP contribution in [-0.2, 0) is 9.53 Å². The standard InChI is InChI=1S/C13H16N2O4/c1-14-10-4-3-9(13(17)18)7-11(10)15(5-6-19-2)8-12(14)16/h3-4,7H,5-6,8H2,1-2H3,(H,17,18). The molecule has 6 nitrogen and oxygen atoms in total. The molecule has 1 aromatic rings. The third-order valence-electron chi connectivity index (χ3n) is 3.19. The maximum Gasteiger partial charge on any atom is 0.335 e. The number of anilines is 2. The van der Waals surface area contributed by atoms with E-state index in [0.29, 0.717) is 13.2 Å². The minimum absolute atomic E-state index is 0.0216. The molecule has 0 fully saturated rings. The number of nitrogens with zero attached hydrogens (tertiary/aromatic N) is 2. The van der Waals surface area contributed by atoms with Gasteiger partial charge in [-0.1, -0.05) is 0 Å². The van der Waals surface area contributed by atoms with Crippen LogP contribution < -0.4 is 9.80 Å². The van der Waals surface area contributed by atoms with Crippen molar-refractivity contribution in [2.75, 3.05) is 43.7 Å². The van der Waals surface area contributed by atoms with Gasteiger partial charge in [-0.25, -0.2) is 4.79 Å². The van der Waals surface area contributed by atoms with Gasteiger partial charge in [0.1, 0.15) is 0 Å². The van der Waals surface area contributed by atoms with Crippen molar-refractivity contribution < 1.29 is 19.4 Å². The molecule has 0 saturated heterocycles. The number of carboxylic acids is 1. The molecule has 0 radical (unpaired) electrons. The van der Waals surface area contributed by atoms with E-state index >= 15 is 0 Å². The summed E-state index contributed by atoms with van der Waals surface area (Å²) in [6, 6.07) is 4.76. The Balaban J connectivity index is 2.41. The molecule has 0 saturated carbocycles. The van der Waals surface area contributed by atoms with Crippen LogP contribution in [0.5, 0.6) is 0 Å². The zero-order chi connectivity index (χ0) is 14.0. The minimum Gasteiger partial charge on any atom is -0.478 e. The lowest BCUT2D eigenvalue weighted by Gasteiger charge is -2.35. The molecule has 1 N–H and O–H groups in total. The molecule has 1 aromatic carbocycles. The Bertz CT molecular complexity index is 515. The monoisotopic (exact) mass is 264 g/mol. The van der Waals surface area contributed by atoms with Gasteiger partial charge in [-0.2, -0.15) is 0 Å². The summed E-state index contributed by atoms with van der Waals surface area (Å²) in [5.74, 6) is -0.999. The first-order valence-electron chi connectivity index (χ1n) is 5.92. The summed E-state index contributed by atoms with van der Waals surface area (Å²) in [7, 11) is 3.28. The first-order valence-corrected chi connectivity index (χ1v) is 5.92. The van der Waals surface area contributed by atoms with Crippen molar-refractivity contribution in [2.24, 2.45) is 0 Å². The van der Waals surface area contributed by atoms with Crippen molar-refractivity contribution in [3.05, 3.63) is 23.8 Å². The van der Waals surface area contributed by atoms with E-state index in [1.165, 1.54) is 6.07 Å². The minimum atomic E-state index is -0.978. The van der Waals surface area contributed by atoms with Crippen LogP contribution >= 0.6 is 0 Å². The molecule has 19 heavy (non-hydrogen) atoms. The number of benzene rings is 1. The van der Waals surface area contributed by atoms with Crippen molar-refractivity contribution >= 4 is 23.3 Å². The molecule has 0 aliphatic carbocycles. The zero-order valence-corrected chi connectivity index (χ0v) is 10.9. The highest BCUT2D eigenvalue weighted by molar-refractivity contribution is 6.04. The normalized spacial score (nSPS) is 14.5. The molecule has 0 aromatic heterocycles. The number of hydrogen-bond donors (Lipinski definition) is 1. The Hall–Kier alpha value is -2.08. The fourth-order valence-electron chi connectivity index (χ4n) is 2.08. The van der Waals surface area contributed by atoms with Crippen molar-refractivity contribution in [3.8, 4) is 0 Å². The second-order valence-electron chi connectivity index (χ2n) is 4.38. The van der Waals surface area contributed by atoms with E-state index in [2.05, 4.69) is 0 Å². The molecular formula is C13H16N2O4. The summed E-state index contributed by atoms with van der Waals surface area (Å²) in [4.78, 5) is 26.3. The van der Waals surface area contributed by atoms with E-state index in [0.717, 1.165) is 11.4 Å². The van der Waals surface area contributed by atoms with E-state index in [1.807, 2.05) is 4.90 Å². The van der Waals surface area contributed by atoms with Crippen LogP contribution in [0.25, 0.3) is 0 Å². The topological polar surface area (TPSA) is 70.1 Å². The number of aromatic carboxylic acids is 1. The van der Waals surface area contributed by atoms with Gasteiger partial charge in [-0.05, 0) is 18.2 Å². The predicted octanol–water partition coefficient (Wildman–Crippen LogP) is 0.814.